The normalized spacial score (nSPS) is 10.2. The van der Waals surface area contributed by atoms with E-state index in [0.29, 0.717) is 6.42 Å². The van der Waals surface area contributed by atoms with Crippen molar-refractivity contribution in [3.63, 3.8) is 0 Å². The minimum atomic E-state index is -0.753. The Morgan fingerprint density at radius 2 is 2.35 bits per heavy atom. The van der Waals surface area contributed by atoms with Gasteiger partial charge >= 0.3 is 6.03 Å². The van der Waals surface area contributed by atoms with Gasteiger partial charge in [-0.2, -0.15) is 0 Å². The van der Waals surface area contributed by atoms with Crippen molar-refractivity contribution in [1.29, 1.82) is 0 Å². The molecule has 0 spiro atoms. The lowest BCUT2D eigenvalue weighted by Crippen LogP contribution is -2.39. The molecule has 1 heterocycles. The van der Waals surface area contributed by atoms with Gasteiger partial charge in [0.2, 0.25) is 5.96 Å². The van der Waals surface area contributed by atoms with Crippen LogP contribution in [-0.2, 0) is 6.42 Å². The van der Waals surface area contributed by atoms with Gasteiger partial charge in [-0.1, -0.05) is 6.07 Å². The Morgan fingerprint density at radius 1 is 1.53 bits per heavy atom. The molecule has 6 nitrogen and oxygen atoms in total. The van der Waals surface area contributed by atoms with E-state index in [1.165, 1.54) is 6.20 Å². The second-order valence-electron chi connectivity index (χ2n) is 3.03. The molecular weight excluding hydrogens is 218 g/mol. The summed E-state index contributed by atoms with van der Waals surface area (Å²) in [5.41, 5.74) is 13.9. The number of nitrogens with one attached hydrogen (secondary N) is 1. The molecule has 2 amide bonds. The summed E-state index contributed by atoms with van der Waals surface area (Å²) in [4.78, 5) is 18.2. The van der Waals surface area contributed by atoms with E-state index in [2.05, 4.69) is 21.0 Å². The van der Waals surface area contributed by atoms with Crippen molar-refractivity contribution in [2.24, 2.45) is 16.5 Å². The van der Waals surface area contributed by atoms with Gasteiger partial charge in [-0.3, -0.25) is 10.3 Å². The predicted octanol–water partition coefficient (Wildman–Crippen LogP) is 0.276. The molecule has 17 heavy (non-hydrogen) atoms. The Bertz CT molecular complexity index is 460. The molecule has 1 aromatic heterocycles. The Kier molecular flexibility index (Phi) is 5.00. The lowest BCUT2D eigenvalue weighted by Gasteiger charge is -1.95. The van der Waals surface area contributed by atoms with Crippen molar-refractivity contribution in [3.05, 3.63) is 48.1 Å². The molecule has 6 heteroatoms. The zero-order valence-electron chi connectivity index (χ0n) is 9.13. The van der Waals surface area contributed by atoms with Crippen LogP contribution in [0.4, 0.5) is 4.79 Å². The molecule has 0 fully saturated rings. The number of nitrogens with two attached hydrogens (primary N) is 2. The maximum absolute atomic E-state index is 10.4. The molecule has 0 aromatic carbocycles. The molecule has 0 saturated carbocycles. The van der Waals surface area contributed by atoms with Gasteiger partial charge in [0, 0.05) is 18.3 Å². The van der Waals surface area contributed by atoms with Gasteiger partial charge in [0.15, 0.2) is 0 Å². The van der Waals surface area contributed by atoms with E-state index >= 15 is 0 Å². The first kappa shape index (κ1) is 12.5. The first-order chi connectivity index (χ1) is 8.18. The highest BCUT2D eigenvalue weighted by molar-refractivity contribution is 5.94. The van der Waals surface area contributed by atoms with Crippen LogP contribution in [0.15, 0.2) is 47.4 Å². The van der Waals surface area contributed by atoms with E-state index < -0.39 is 6.03 Å². The molecule has 1 rings (SSSR count). The minimum Gasteiger partial charge on any atom is -0.369 e. The second kappa shape index (κ2) is 6.81. The summed E-state index contributed by atoms with van der Waals surface area (Å²) >= 11 is 0. The van der Waals surface area contributed by atoms with Gasteiger partial charge in [0.25, 0.3) is 0 Å². The van der Waals surface area contributed by atoms with Gasteiger partial charge in [0.1, 0.15) is 0 Å². The van der Waals surface area contributed by atoms with Crippen LogP contribution in [0.3, 0.4) is 0 Å². The number of hydrogen-bond acceptors (Lipinski definition) is 3. The smallest absolute Gasteiger partial charge is 0.318 e. The number of aromatic nitrogens is 1. The minimum absolute atomic E-state index is 0.0729. The molecule has 0 aliphatic rings. The highest BCUT2D eigenvalue weighted by atomic mass is 16.2. The number of carbonyl (C=O) groups excluding carboxylic acids is 1. The van der Waals surface area contributed by atoms with Crippen LogP contribution < -0.4 is 16.8 Å². The summed E-state index contributed by atoms with van der Waals surface area (Å²) in [6, 6.07) is 4.91. The molecule has 88 valence electrons. The molecule has 0 aliphatic carbocycles. The molecule has 1 aromatic rings. The van der Waals surface area contributed by atoms with Gasteiger partial charge in [0.05, 0.1) is 6.20 Å². The van der Waals surface area contributed by atoms with E-state index in [1.807, 2.05) is 18.2 Å². The van der Waals surface area contributed by atoms with E-state index in [-0.39, 0.29) is 5.96 Å². The van der Waals surface area contributed by atoms with Crippen molar-refractivity contribution >= 4 is 12.0 Å². The standard InChI is InChI=1S/C11H13N5O/c12-10(16-11(13)17)15-8-4-2-6-9-5-1-3-7-14-9/h1-3,5,7-8H,6H2,(H5,12,13,15,16,17). The van der Waals surface area contributed by atoms with Gasteiger partial charge in [-0.15, -0.1) is 5.73 Å². The number of carbonyl (C=O) groups is 1. The van der Waals surface area contributed by atoms with Crippen LogP contribution in [0, 0.1) is 0 Å². The molecule has 0 aliphatic heterocycles. The Labute approximate surface area is 98.7 Å². The zero-order chi connectivity index (χ0) is 12.5. The van der Waals surface area contributed by atoms with Gasteiger partial charge < -0.3 is 11.5 Å². The molecule has 0 radical (unpaired) electrons. The summed E-state index contributed by atoms with van der Waals surface area (Å²) in [5, 5.41) is 2.12. The summed E-state index contributed by atoms with van der Waals surface area (Å²) in [6.07, 6.45) is 5.47. The molecule has 0 atom stereocenters. The second-order valence-corrected chi connectivity index (χ2v) is 3.03. The number of pyridine rings is 1. The molecular formula is C11H13N5O. The van der Waals surface area contributed by atoms with Crippen molar-refractivity contribution in [2.75, 3.05) is 0 Å². The average molecular weight is 231 g/mol. The maximum atomic E-state index is 10.4. The fraction of sp³-hybridized carbons (Fsp3) is 0.0909. The average Bonchev–Trinajstić information content (AvgIpc) is 2.29. The summed E-state index contributed by atoms with van der Waals surface area (Å²) < 4.78 is 0. The highest BCUT2D eigenvalue weighted by Crippen LogP contribution is 1.94. The largest absolute Gasteiger partial charge is 0.369 e. The third kappa shape index (κ3) is 5.76. The Balaban J connectivity index is 2.46. The topological polar surface area (TPSA) is 106 Å². The van der Waals surface area contributed by atoms with E-state index in [4.69, 9.17) is 11.5 Å². The summed E-state index contributed by atoms with van der Waals surface area (Å²) in [7, 11) is 0. The van der Waals surface area contributed by atoms with Crippen LogP contribution in [0.2, 0.25) is 0 Å². The Morgan fingerprint density at radius 3 is 3.00 bits per heavy atom. The van der Waals surface area contributed by atoms with Crippen LogP contribution in [0.25, 0.3) is 0 Å². The fourth-order valence-corrected chi connectivity index (χ4v) is 1.00. The number of amides is 2. The third-order valence-electron chi connectivity index (χ3n) is 1.68. The molecule has 0 unspecified atom stereocenters. The number of rotatable bonds is 3. The van der Waals surface area contributed by atoms with Crippen LogP contribution in [-0.4, -0.2) is 17.0 Å². The predicted molar refractivity (Wildman–Crippen MR) is 64.9 cm³/mol. The number of nitrogens with zero attached hydrogens (tertiary/aromatic N) is 2. The zero-order valence-corrected chi connectivity index (χ0v) is 9.13. The number of urea groups is 1. The quantitative estimate of drug-likeness (QED) is 0.395. The number of hydrogen-bond donors (Lipinski definition) is 3. The van der Waals surface area contributed by atoms with Crippen molar-refractivity contribution in [3.8, 4) is 0 Å². The lowest BCUT2D eigenvalue weighted by molar-refractivity contribution is 0.253. The third-order valence-corrected chi connectivity index (χ3v) is 1.68. The first-order valence-electron chi connectivity index (χ1n) is 4.87. The van der Waals surface area contributed by atoms with E-state index in [1.54, 1.807) is 12.3 Å². The van der Waals surface area contributed by atoms with E-state index in [9.17, 15) is 4.79 Å². The summed E-state index contributed by atoms with van der Waals surface area (Å²) in [5.74, 6) is -0.0729. The SMILES string of the molecule is NC(=O)NC(N)=NC=C=CCc1ccccn1. The Hall–Kier alpha value is -2.59. The molecule has 5 N–H and O–H groups in total. The van der Waals surface area contributed by atoms with E-state index in [0.717, 1.165) is 5.69 Å². The van der Waals surface area contributed by atoms with Crippen molar-refractivity contribution < 1.29 is 4.79 Å². The number of allylic oxidation sites excluding steroid dienone is 1. The highest BCUT2D eigenvalue weighted by Gasteiger charge is 1.91. The number of guanidine groups is 1. The maximum Gasteiger partial charge on any atom is 0.318 e. The first-order valence-corrected chi connectivity index (χ1v) is 4.87. The summed E-state index contributed by atoms with van der Waals surface area (Å²) in [6.45, 7) is 0. The monoisotopic (exact) mass is 231 g/mol. The van der Waals surface area contributed by atoms with Crippen LogP contribution in [0.5, 0.6) is 0 Å². The fourth-order valence-electron chi connectivity index (χ4n) is 1.00. The van der Waals surface area contributed by atoms with Crippen LogP contribution >= 0.6 is 0 Å². The molecule has 0 saturated heterocycles. The van der Waals surface area contributed by atoms with Crippen molar-refractivity contribution in [1.82, 2.24) is 10.3 Å². The lowest BCUT2D eigenvalue weighted by atomic mass is 10.3. The van der Waals surface area contributed by atoms with Crippen LogP contribution in [0.1, 0.15) is 5.69 Å². The number of aliphatic imine (C=N–C) groups is 1. The van der Waals surface area contributed by atoms with Gasteiger partial charge in [-0.25, -0.2) is 9.79 Å². The van der Waals surface area contributed by atoms with Crippen molar-refractivity contribution in [2.45, 2.75) is 6.42 Å². The number of primary amides is 1. The molecule has 0 bridgehead atoms. The van der Waals surface area contributed by atoms with Gasteiger partial charge in [-0.05, 0) is 18.2 Å².